The highest BCUT2D eigenvalue weighted by Crippen LogP contribution is 2.45. The molecule has 1 amide bonds. The van der Waals surface area contributed by atoms with Gasteiger partial charge in [-0.2, -0.15) is 0 Å². The van der Waals surface area contributed by atoms with Crippen molar-refractivity contribution >= 4 is 6.09 Å². The van der Waals surface area contributed by atoms with Crippen molar-refractivity contribution in [3.8, 4) is 22.6 Å². The zero-order chi connectivity index (χ0) is 26.1. The Kier molecular flexibility index (Phi) is 6.75. The zero-order valence-electron chi connectivity index (χ0n) is 21.8. The number of ether oxygens (including phenoxy) is 3. The monoisotopic (exact) mass is 513 g/mol. The van der Waals surface area contributed by atoms with E-state index in [1.54, 1.807) is 7.11 Å². The maximum Gasteiger partial charge on any atom is 0.410 e. The van der Waals surface area contributed by atoms with Crippen molar-refractivity contribution in [2.24, 2.45) is 0 Å². The van der Waals surface area contributed by atoms with Crippen LogP contribution >= 0.6 is 0 Å². The SMILES string of the molecule is COc1ccccc1OCCC1(O)CC2CCCC(C1)N2C(=O)OCC1c2ccccc2-c2ccccc21. The lowest BCUT2D eigenvalue weighted by Crippen LogP contribution is -2.60. The van der Waals surface area contributed by atoms with Crippen LogP contribution in [0.2, 0.25) is 0 Å². The van der Waals surface area contributed by atoms with Gasteiger partial charge in [0.05, 0.1) is 19.3 Å². The number of carbonyl (C=O) groups is 1. The molecule has 2 bridgehead atoms. The Hall–Kier alpha value is -3.51. The van der Waals surface area contributed by atoms with Crippen molar-refractivity contribution in [1.29, 1.82) is 0 Å². The topological polar surface area (TPSA) is 68.2 Å². The number of fused-ring (bicyclic) bond motifs is 5. The van der Waals surface area contributed by atoms with E-state index in [0.717, 1.165) is 19.3 Å². The molecule has 3 aliphatic rings. The molecule has 198 valence electrons. The van der Waals surface area contributed by atoms with Crippen molar-refractivity contribution in [2.75, 3.05) is 20.3 Å². The molecule has 3 aromatic carbocycles. The number of carbonyl (C=O) groups excluding carboxylic acids is 1. The van der Waals surface area contributed by atoms with Gasteiger partial charge in [0.25, 0.3) is 0 Å². The number of piperidine rings is 2. The molecule has 2 fully saturated rings. The lowest BCUT2D eigenvalue weighted by Gasteiger charge is -2.51. The van der Waals surface area contributed by atoms with E-state index in [0.29, 0.717) is 44.0 Å². The summed E-state index contributed by atoms with van der Waals surface area (Å²) in [6, 6.07) is 24.3. The Bertz CT molecular complexity index is 1250. The maximum absolute atomic E-state index is 13.5. The molecule has 0 spiro atoms. The normalized spacial score (nSPS) is 23.9. The number of para-hydroxylation sites is 2. The van der Waals surface area contributed by atoms with Gasteiger partial charge in [0.15, 0.2) is 11.5 Å². The number of nitrogens with zero attached hydrogens (tertiary/aromatic N) is 1. The minimum atomic E-state index is -0.863. The first-order valence-electron chi connectivity index (χ1n) is 13.7. The van der Waals surface area contributed by atoms with Crippen molar-refractivity contribution in [1.82, 2.24) is 4.90 Å². The predicted molar refractivity (Wildman–Crippen MR) is 146 cm³/mol. The molecular weight excluding hydrogens is 478 g/mol. The molecule has 0 aromatic heterocycles. The third kappa shape index (κ3) is 4.62. The first kappa shape index (κ1) is 24.8. The second-order valence-corrected chi connectivity index (χ2v) is 10.8. The number of hydrogen-bond donors (Lipinski definition) is 1. The molecule has 38 heavy (non-hydrogen) atoms. The van der Waals surface area contributed by atoms with Crippen molar-refractivity contribution in [2.45, 2.75) is 62.1 Å². The first-order valence-corrected chi connectivity index (χ1v) is 13.7. The van der Waals surface area contributed by atoms with Crippen LogP contribution in [0.1, 0.15) is 55.6 Å². The number of rotatable bonds is 7. The second kappa shape index (κ2) is 10.3. The molecule has 6 nitrogen and oxygen atoms in total. The van der Waals surface area contributed by atoms with Gasteiger partial charge in [-0.25, -0.2) is 4.79 Å². The molecule has 6 rings (SSSR count). The van der Waals surface area contributed by atoms with Crippen molar-refractivity contribution < 1.29 is 24.1 Å². The summed E-state index contributed by atoms with van der Waals surface area (Å²) in [6.07, 6.45) is 4.18. The standard InChI is InChI=1S/C32H35NO5/c1-36-29-15-6-7-16-30(29)37-18-17-32(35)19-22-9-8-10-23(20-32)33(22)31(34)38-21-28-26-13-4-2-11-24(26)25-12-3-5-14-27(25)28/h2-7,11-16,22-23,28,35H,8-10,17-21H2,1H3. The highest BCUT2D eigenvalue weighted by Gasteiger charge is 2.48. The largest absolute Gasteiger partial charge is 0.493 e. The lowest BCUT2D eigenvalue weighted by atomic mass is 9.74. The van der Waals surface area contributed by atoms with E-state index in [2.05, 4.69) is 36.4 Å². The summed E-state index contributed by atoms with van der Waals surface area (Å²) < 4.78 is 17.3. The van der Waals surface area contributed by atoms with Crippen LogP contribution in [-0.4, -0.2) is 54.1 Å². The fourth-order valence-corrected chi connectivity index (χ4v) is 6.79. The molecule has 6 heteroatoms. The molecule has 2 saturated heterocycles. The maximum atomic E-state index is 13.5. The third-order valence-electron chi connectivity index (χ3n) is 8.53. The smallest absolute Gasteiger partial charge is 0.410 e. The van der Waals surface area contributed by atoms with Crippen molar-refractivity contribution in [3.63, 3.8) is 0 Å². The number of aliphatic hydroxyl groups is 1. The average Bonchev–Trinajstić information content (AvgIpc) is 3.25. The van der Waals surface area contributed by atoms with E-state index < -0.39 is 5.60 Å². The van der Waals surface area contributed by atoms with Crippen molar-refractivity contribution in [3.05, 3.63) is 83.9 Å². The lowest BCUT2D eigenvalue weighted by molar-refractivity contribution is -0.0924. The van der Waals surface area contributed by atoms with E-state index >= 15 is 0 Å². The van der Waals surface area contributed by atoms with Gasteiger partial charge in [-0.15, -0.1) is 0 Å². The molecular formula is C32H35NO5. The van der Waals surface area contributed by atoms with Gasteiger partial charge in [0, 0.05) is 24.4 Å². The van der Waals surface area contributed by atoms with E-state index in [1.807, 2.05) is 41.3 Å². The quantitative estimate of drug-likeness (QED) is 0.410. The minimum absolute atomic E-state index is 0.0191. The Labute approximate surface area is 224 Å². The van der Waals surface area contributed by atoms with E-state index in [-0.39, 0.29) is 24.1 Å². The van der Waals surface area contributed by atoms with Crippen LogP contribution in [0.4, 0.5) is 4.79 Å². The fraction of sp³-hybridized carbons (Fsp3) is 0.406. The van der Waals surface area contributed by atoms with Crippen LogP contribution in [0.5, 0.6) is 11.5 Å². The van der Waals surface area contributed by atoms with Gasteiger partial charge in [-0.1, -0.05) is 60.7 Å². The Morgan fingerprint density at radius 1 is 0.895 bits per heavy atom. The fourth-order valence-electron chi connectivity index (χ4n) is 6.79. The third-order valence-corrected chi connectivity index (χ3v) is 8.53. The Morgan fingerprint density at radius 2 is 1.47 bits per heavy atom. The summed E-state index contributed by atoms with van der Waals surface area (Å²) >= 11 is 0. The first-order chi connectivity index (χ1) is 18.6. The van der Waals surface area contributed by atoms with E-state index in [4.69, 9.17) is 14.2 Å². The summed E-state index contributed by atoms with van der Waals surface area (Å²) in [7, 11) is 1.62. The zero-order valence-corrected chi connectivity index (χ0v) is 21.8. The van der Waals surface area contributed by atoms with Crippen LogP contribution in [0, 0.1) is 0 Å². The molecule has 3 aromatic rings. The van der Waals surface area contributed by atoms with Gasteiger partial charge in [0.2, 0.25) is 0 Å². The number of benzene rings is 3. The summed E-state index contributed by atoms with van der Waals surface area (Å²) in [5.74, 6) is 1.40. The molecule has 1 aliphatic carbocycles. The number of hydrogen-bond acceptors (Lipinski definition) is 5. The average molecular weight is 514 g/mol. The molecule has 2 unspecified atom stereocenters. The van der Waals surface area contributed by atoms with Gasteiger partial charge in [-0.3, -0.25) is 0 Å². The number of methoxy groups -OCH3 is 1. The van der Waals surface area contributed by atoms with E-state index in [9.17, 15) is 9.90 Å². The minimum Gasteiger partial charge on any atom is -0.493 e. The molecule has 0 radical (unpaired) electrons. The van der Waals surface area contributed by atoms with Gasteiger partial charge in [-0.05, 0) is 66.5 Å². The van der Waals surface area contributed by atoms with Crippen LogP contribution in [0.25, 0.3) is 11.1 Å². The highest BCUT2D eigenvalue weighted by molar-refractivity contribution is 5.79. The van der Waals surface area contributed by atoms with Gasteiger partial charge in [0.1, 0.15) is 6.61 Å². The summed E-state index contributed by atoms with van der Waals surface area (Å²) in [6.45, 7) is 0.709. The van der Waals surface area contributed by atoms with E-state index in [1.165, 1.54) is 22.3 Å². The summed E-state index contributed by atoms with van der Waals surface area (Å²) in [5.41, 5.74) is 4.01. The number of amides is 1. The van der Waals surface area contributed by atoms with Crippen LogP contribution in [-0.2, 0) is 4.74 Å². The second-order valence-electron chi connectivity index (χ2n) is 10.8. The van der Waals surface area contributed by atoms with Crippen LogP contribution in [0.3, 0.4) is 0 Å². The summed E-state index contributed by atoms with van der Waals surface area (Å²) in [5, 5.41) is 11.5. The predicted octanol–water partition coefficient (Wildman–Crippen LogP) is 6.16. The molecule has 2 heterocycles. The van der Waals surface area contributed by atoms with Gasteiger partial charge >= 0.3 is 6.09 Å². The molecule has 2 atom stereocenters. The van der Waals surface area contributed by atoms with Gasteiger partial charge < -0.3 is 24.2 Å². The Morgan fingerprint density at radius 3 is 2.11 bits per heavy atom. The Balaban J connectivity index is 1.10. The summed E-state index contributed by atoms with van der Waals surface area (Å²) in [4.78, 5) is 15.4. The van der Waals surface area contributed by atoms with Crippen LogP contribution < -0.4 is 9.47 Å². The molecule has 0 saturated carbocycles. The van der Waals surface area contributed by atoms with Crippen LogP contribution in [0.15, 0.2) is 72.8 Å². The highest BCUT2D eigenvalue weighted by atomic mass is 16.6. The molecule has 2 aliphatic heterocycles. The molecule has 1 N–H and O–H groups in total.